The molecule has 0 aromatic heterocycles. The Balaban J connectivity index is 3.60. The van der Waals surface area contributed by atoms with Crippen LogP contribution in [0.15, 0.2) is 0 Å². The van der Waals surface area contributed by atoms with Crippen molar-refractivity contribution in [3.8, 4) is 0 Å². The van der Waals surface area contributed by atoms with Crippen LogP contribution in [0.1, 0.15) is 41.0 Å². The molecule has 0 aromatic carbocycles. The zero-order valence-corrected chi connectivity index (χ0v) is 36.0. The predicted molar refractivity (Wildman–Crippen MR) is 201 cm³/mol. The molecule has 1 atom stereocenters. The molecule has 12 nitrogen and oxygen atoms in total. The fourth-order valence-corrected chi connectivity index (χ4v) is 17.6. The smallest absolute Gasteiger partial charge is 0.314 e. The van der Waals surface area contributed by atoms with E-state index in [1.165, 1.54) is 0 Å². The van der Waals surface area contributed by atoms with Crippen LogP contribution in [-0.2, 0) is 55.6 Å². The lowest BCUT2D eigenvalue weighted by Crippen LogP contribution is -2.52. The first-order valence-corrected chi connectivity index (χ1v) is 25.8. The summed E-state index contributed by atoms with van der Waals surface area (Å²) in [6.07, 6.45) is 0.941. The average Bonchev–Trinajstić information content (AvgIpc) is 3.00. The van der Waals surface area contributed by atoms with Gasteiger partial charge in [0.05, 0.1) is 119 Å². The highest BCUT2D eigenvalue weighted by molar-refractivity contribution is 6.85. The van der Waals surface area contributed by atoms with Crippen molar-refractivity contribution in [2.75, 3.05) is 133 Å². The molecule has 0 fully saturated rings. The van der Waals surface area contributed by atoms with Gasteiger partial charge in [-0.1, -0.05) is 34.6 Å². The fraction of sp³-hybridized carbons (Fsp3) is 1.00. The molecule has 0 rings (SSSR count). The maximum Gasteiger partial charge on any atom is 0.314 e. The second-order valence-corrected chi connectivity index (χ2v) is 25.1. The van der Waals surface area contributed by atoms with Crippen molar-refractivity contribution in [2.24, 2.45) is 5.92 Å². The van der Waals surface area contributed by atoms with Crippen LogP contribution in [0.4, 0.5) is 0 Å². The standard InChI is InChI=1S/C34H75O12Si3/c1-33(2)32-48(8,9)46-49(10,45-47(7)34(3,4)5)31-11-12-36-15-16-38-19-20-40-23-24-42-27-28-44-30-29-43-26-25-41-22-21-39-18-17-37-14-13-35-6/h33H,11-32H2,1-10H3. The maximum absolute atomic E-state index is 6.92. The minimum Gasteiger partial charge on any atom is -0.436 e. The van der Waals surface area contributed by atoms with Crippen molar-refractivity contribution in [2.45, 2.75) is 84.4 Å². The molecule has 1 radical (unpaired) electrons. The first-order valence-electron chi connectivity index (χ1n) is 18.2. The molecule has 0 saturated heterocycles. The molecule has 0 aliphatic rings. The fourth-order valence-electron chi connectivity index (χ4n) is 4.71. The van der Waals surface area contributed by atoms with Gasteiger partial charge in [0, 0.05) is 13.7 Å². The van der Waals surface area contributed by atoms with Crippen molar-refractivity contribution in [3.05, 3.63) is 0 Å². The van der Waals surface area contributed by atoms with Gasteiger partial charge < -0.3 is 55.6 Å². The molecule has 1 unspecified atom stereocenters. The van der Waals surface area contributed by atoms with Crippen LogP contribution in [0.25, 0.3) is 0 Å². The summed E-state index contributed by atoms with van der Waals surface area (Å²) in [4.78, 5) is 0. The second-order valence-electron chi connectivity index (χ2n) is 14.1. The van der Waals surface area contributed by atoms with E-state index in [2.05, 4.69) is 60.8 Å². The molecular weight excluding hydrogens is 685 g/mol. The van der Waals surface area contributed by atoms with Crippen molar-refractivity contribution in [1.82, 2.24) is 0 Å². The lowest BCUT2D eigenvalue weighted by atomic mass is 10.3. The van der Waals surface area contributed by atoms with Crippen LogP contribution in [0, 0.1) is 5.92 Å². The summed E-state index contributed by atoms with van der Waals surface area (Å²) in [6.45, 7) is 31.0. The molecule has 0 aliphatic carbocycles. The Kier molecular flexibility index (Phi) is 31.8. The molecule has 0 amide bonds. The minimum absolute atomic E-state index is 0.178. The van der Waals surface area contributed by atoms with E-state index in [0.29, 0.717) is 131 Å². The minimum atomic E-state index is -2.30. The van der Waals surface area contributed by atoms with Crippen molar-refractivity contribution in [1.29, 1.82) is 0 Å². The second kappa shape index (κ2) is 31.7. The summed E-state index contributed by atoms with van der Waals surface area (Å²) < 4.78 is 68.4. The van der Waals surface area contributed by atoms with Crippen LogP contribution >= 0.6 is 0 Å². The van der Waals surface area contributed by atoms with E-state index in [1.807, 2.05) is 0 Å². The third kappa shape index (κ3) is 33.7. The van der Waals surface area contributed by atoms with Gasteiger partial charge in [-0.05, 0) is 55.7 Å². The molecular formula is C34H75O12Si3. The molecule has 0 heterocycles. The van der Waals surface area contributed by atoms with Gasteiger partial charge in [-0.15, -0.1) is 0 Å². The molecule has 0 aliphatic heterocycles. The lowest BCUT2D eigenvalue weighted by molar-refractivity contribution is -0.0258. The quantitative estimate of drug-likeness (QED) is 0.0585. The van der Waals surface area contributed by atoms with E-state index in [9.17, 15) is 0 Å². The Morgan fingerprint density at radius 2 is 0.816 bits per heavy atom. The number of ether oxygens (including phenoxy) is 10. The summed E-state index contributed by atoms with van der Waals surface area (Å²) >= 11 is 0. The zero-order chi connectivity index (χ0) is 36.7. The third-order valence-corrected chi connectivity index (χ3v) is 19.2. The van der Waals surface area contributed by atoms with Crippen LogP contribution in [-0.4, -0.2) is 159 Å². The molecule has 0 N–H and O–H groups in total. The third-order valence-electron chi connectivity index (χ3n) is 7.14. The Bertz CT molecular complexity index is 718. The summed E-state index contributed by atoms with van der Waals surface area (Å²) in [5, 5.41) is 0.178. The monoisotopic (exact) mass is 759 g/mol. The van der Waals surface area contributed by atoms with E-state index >= 15 is 0 Å². The maximum atomic E-state index is 6.92. The van der Waals surface area contributed by atoms with Crippen molar-refractivity contribution in [3.63, 3.8) is 0 Å². The first-order chi connectivity index (χ1) is 23.3. The zero-order valence-electron chi connectivity index (χ0n) is 33.0. The molecule has 0 spiro atoms. The predicted octanol–water partition coefficient (Wildman–Crippen LogP) is 5.56. The number of hydrogen-bond acceptors (Lipinski definition) is 12. The van der Waals surface area contributed by atoms with E-state index in [1.54, 1.807) is 7.11 Å². The molecule has 0 bridgehead atoms. The molecule has 295 valence electrons. The number of hydrogen-bond donors (Lipinski definition) is 0. The van der Waals surface area contributed by atoms with Gasteiger partial charge in [0.2, 0.25) is 9.04 Å². The number of methoxy groups -OCH3 is 1. The normalized spacial score (nSPS) is 14.0. The Morgan fingerprint density at radius 1 is 0.510 bits per heavy atom. The van der Waals surface area contributed by atoms with Gasteiger partial charge in [-0.2, -0.15) is 0 Å². The van der Waals surface area contributed by atoms with E-state index in [0.717, 1.165) is 18.5 Å². The Hall–Kier alpha value is 0.171. The Labute approximate surface area is 303 Å². The van der Waals surface area contributed by atoms with Crippen LogP contribution < -0.4 is 0 Å². The van der Waals surface area contributed by atoms with Gasteiger partial charge in [-0.3, -0.25) is 0 Å². The highest BCUT2D eigenvalue weighted by Crippen LogP contribution is 2.33. The molecule has 49 heavy (non-hydrogen) atoms. The van der Waals surface area contributed by atoms with Crippen LogP contribution in [0.2, 0.25) is 43.3 Å². The highest BCUT2D eigenvalue weighted by Gasteiger charge is 2.42. The Morgan fingerprint density at radius 3 is 1.10 bits per heavy atom. The highest BCUT2D eigenvalue weighted by atomic mass is 28.5. The van der Waals surface area contributed by atoms with Gasteiger partial charge >= 0.3 is 8.56 Å². The summed E-state index contributed by atoms with van der Waals surface area (Å²) in [6, 6.07) is 2.11. The average molecular weight is 760 g/mol. The van der Waals surface area contributed by atoms with Gasteiger partial charge in [-0.25, -0.2) is 0 Å². The molecule has 0 saturated carbocycles. The first kappa shape index (κ1) is 49.2. The van der Waals surface area contributed by atoms with Gasteiger partial charge in [0.1, 0.15) is 0 Å². The van der Waals surface area contributed by atoms with Crippen molar-refractivity contribution < 1.29 is 55.6 Å². The topological polar surface area (TPSA) is 111 Å². The van der Waals surface area contributed by atoms with Gasteiger partial charge in [0.25, 0.3) is 0 Å². The summed E-state index contributed by atoms with van der Waals surface area (Å²) in [5.74, 6) is 0.636. The van der Waals surface area contributed by atoms with Crippen LogP contribution in [0.5, 0.6) is 0 Å². The van der Waals surface area contributed by atoms with E-state index in [-0.39, 0.29) is 5.04 Å². The van der Waals surface area contributed by atoms with Crippen LogP contribution in [0.3, 0.4) is 0 Å². The lowest BCUT2D eigenvalue weighted by Gasteiger charge is -2.40. The SMILES string of the molecule is COCCOCCOCCOCCOCCOCCOCCOCCOCCOCCC[Si](C)(O[Si](C)C(C)(C)C)O[Si](C)(C)CC(C)C. The number of rotatable bonds is 37. The van der Waals surface area contributed by atoms with E-state index in [4.69, 9.17) is 55.6 Å². The largest absolute Gasteiger partial charge is 0.436 e. The van der Waals surface area contributed by atoms with Gasteiger partial charge in [0.15, 0.2) is 8.32 Å². The van der Waals surface area contributed by atoms with Crippen molar-refractivity contribution >= 4 is 25.9 Å². The summed E-state index contributed by atoms with van der Waals surface area (Å²) in [5.41, 5.74) is 0. The van der Waals surface area contributed by atoms with E-state index < -0.39 is 25.9 Å². The molecule has 15 heteroatoms. The summed E-state index contributed by atoms with van der Waals surface area (Å²) in [7, 11) is -3.43. The molecule has 0 aromatic rings.